The quantitative estimate of drug-likeness (QED) is 0.778. The Kier molecular flexibility index (Phi) is 11.1. The molecule has 2 atom stereocenters. The van der Waals surface area contributed by atoms with Gasteiger partial charge in [0.25, 0.3) is 0 Å². The number of carbonyl (C=O) groups is 1. The minimum atomic E-state index is 0. The van der Waals surface area contributed by atoms with Gasteiger partial charge in [0.1, 0.15) is 0 Å². The number of likely N-dealkylation sites (tertiary alicyclic amines) is 1. The van der Waals surface area contributed by atoms with Crippen molar-refractivity contribution < 1.29 is 4.79 Å². The van der Waals surface area contributed by atoms with E-state index < -0.39 is 0 Å². The van der Waals surface area contributed by atoms with Crippen molar-refractivity contribution >= 4 is 42.1 Å². The lowest BCUT2D eigenvalue weighted by atomic mass is 10.1. The summed E-state index contributed by atoms with van der Waals surface area (Å²) >= 11 is 1.78. The molecule has 1 aliphatic heterocycles. The van der Waals surface area contributed by atoms with Crippen molar-refractivity contribution in [3.8, 4) is 0 Å². The van der Waals surface area contributed by atoms with Gasteiger partial charge in [0.05, 0.1) is 6.04 Å². The lowest BCUT2D eigenvalue weighted by Gasteiger charge is -2.27. The Morgan fingerprint density at radius 2 is 2.00 bits per heavy atom. The highest BCUT2D eigenvalue weighted by Crippen LogP contribution is 2.27. The number of halogens is 2. The van der Waals surface area contributed by atoms with Gasteiger partial charge < -0.3 is 10.6 Å². The van der Waals surface area contributed by atoms with Gasteiger partial charge in [-0.25, -0.2) is 0 Å². The van der Waals surface area contributed by atoms with E-state index in [0.717, 1.165) is 19.6 Å². The third-order valence-corrected chi connectivity index (χ3v) is 4.85. The molecule has 1 saturated heterocycles. The number of nitrogens with one attached hydrogen (secondary N) is 2. The molecule has 2 heterocycles. The van der Waals surface area contributed by atoms with Crippen LogP contribution in [-0.2, 0) is 4.79 Å². The smallest absolute Gasteiger partial charge is 0.224 e. The number of hydrogen-bond acceptors (Lipinski definition) is 4. The van der Waals surface area contributed by atoms with Gasteiger partial charge in [-0.2, -0.15) is 0 Å². The van der Waals surface area contributed by atoms with Crippen molar-refractivity contribution in [1.82, 2.24) is 15.5 Å². The number of carbonyl (C=O) groups excluding carboxylic acids is 1. The molecule has 7 heteroatoms. The van der Waals surface area contributed by atoms with E-state index in [9.17, 15) is 4.79 Å². The molecule has 2 unspecified atom stereocenters. The van der Waals surface area contributed by atoms with E-state index in [1.54, 1.807) is 11.3 Å². The second-order valence-electron chi connectivity index (χ2n) is 5.48. The number of thiophene rings is 1. The Bertz CT molecular complexity index is 411. The fraction of sp³-hybridized carbons (Fsp3) is 0.667. The average Bonchev–Trinajstić information content (AvgIpc) is 3.12. The van der Waals surface area contributed by atoms with Crippen LogP contribution < -0.4 is 10.6 Å². The van der Waals surface area contributed by atoms with E-state index in [0.29, 0.717) is 12.6 Å². The fourth-order valence-corrected chi connectivity index (χ4v) is 3.58. The van der Waals surface area contributed by atoms with Crippen LogP contribution >= 0.6 is 36.2 Å². The molecular formula is C15H27Cl2N3OS. The van der Waals surface area contributed by atoms with Crippen molar-refractivity contribution in [2.24, 2.45) is 5.92 Å². The summed E-state index contributed by atoms with van der Waals surface area (Å²) < 4.78 is 0. The molecule has 128 valence electrons. The van der Waals surface area contributed by atoms with Gasteiger partial charge in [0.15, 0.2) is 0 Å². The minimum absolute atomic E-state index is 0. The molecule has 0 radical (unpaired) electrons. The normalized spacial score (nSPS) is 17.2. The van der Waals surface area contributed by atoms with Gasteiger partial charge in [-0.3, -0.25) is 9.69 Å². The van der Waals surface area contributed by atoms with E-state index in [1.165, 1.54) is 17.7 Å². The zero-order valence-electron chi connectivity index (χ0n) is 13.2. The summed E-state index contributed by atoms with van der Waals surface area (Å²) in [6.45, 7) is 5.68. The molecule has 0 spiro atoms. The predicted octanol–water partition coefficient (Wildman–Crippen LogP) is 2.70. The van der Waals surface area contributed by atoms with Crippen LogP contribution in [0.5, 0.6) is 0 Å². The topological polar surface area (TPSA) is 44.4 Å². The zero-order valence-corrected chi connectivity index (χ0v) is 15.7. The second kappa shape index (κ2) is 11.2. The summed E-state index contributed by atoms with van der Waals surface area (Å²) in [5.74, 6) is 0.155. The number of hydrogen-bond donors (Lipinski definition) is 2. The summed E-state index contributed by atoms with van der Waals surface area (Å²) in [5.41, 5.74) is 0. The van der Waals surface area contributed by atoms with Crippen LogP contribution in [-0.4, -0.2) is 44.0 Å². The minimum Gasteiger partial charge on any atom is -0.354 e. The number of amides is 1. The predicted molar refractivity (Wildman–Crippen MR) is 98.5 cm³/mol. The van der Waals surface area contributed by atoms with Crippen molar-refractivity contribution in [2.45, 2.75) is 25.8 Å². The molecule has 1 aromatic heterocycles. The SMILES string of the molecule is CNCC(C)C(=O)NCC(c1cccs1)N1CCCC1.Cl.Cl. The first kappa shape index (κ1) is 21.7. The molecule has 22 heavy (non-hydrogen) atoms. The van der Waals surface area contributed by atoms with Gasteiger partial charge in [-0.05, 0) is 44.4 Å². The molecule has 2 rings (SSSR count). The van der Waals surface area contributed by atoms with Gasteiger partial charge >= 0.3 is 0 Å². The molecule has 4 nitrogen and oxygen atoms in total. The third-order valence-electron chi connectivity index (χ3n) is 3.88. The van der Waals surface area contributed by atoms with E-state index in [2.05, 4.69) is 33.0 Å². The van der Waals surface area contributed by atoms with Crippen molar-refractivity contribution in [2.75, 3.05) is 33.2 Å². The Balaban J connectivity index is 0.00000220. The first-order valence-corrected chi connectivity index (χ1v) is 8.30. The Morgan fingerprint density at radius 1 is 1.32 bits per heavy atom. The van der Waals surface area contributed by atoms with Crippen LogP contribution in [0.2, 0.25) is 0 Å². The van der Waals surface area contributed by atoms with Crippen molar-refractivity contribution in [1.29, 1.82) is 0 Å². The molecule has 0 aromatic carbocycles. The first-order valence-electron chi connectivity index (χ1n) is 7.42. The van der Waals surface area contributed by atoms with E-state index in [4.69, 9.17) is 0 Å². The molecule has 0 saturated carbocycles. The highest BCUT2D eigenvalue weighted by molar-refractivity contribution is 7.10. The standard InChI is InChI=1S/C15H25N3OS.2ClH/c1-12(10-16-2)15(19)17-11-13(14-6-5-9-20-14)18-7-3-4-8-18;;/h5-6,9,12-13,16H,3-4,7-8,10-11H2,1-2H3,(H,17,19);2*1H. The average molecular weight is 368 g/mol. The molecule has 2 N–H and O–H groups in total. The van der Waals surface area contributed by atoms with E-state index in [-0.39, 0.29) is 36.6 Å². The van der Waals surface area contributed by atoms with Crippen molar-refractivity contribution in [3.63, 3.8) is 0 Å². The van der Waals surface area contributed by atoms with Gasteiger partial charge in [0.2, 0.25) is 5.91 Å². The Morgan fingerprint density at radius 3 is 2.55 bits per heavy atom. The highest BCUT2D eigenvalue weighted by Gasteiger charge is 2.25. The van der Waals surface area contributed by atoms with E-state index >= 15 is 0 Å². The summed E-state index contributed by atoms with van der Waals surface area (Å²) in [6.07, 6.45) is 2.54. The monoisotopic (exact) mass is 367 g/mol. The van der Waals surface area contributed by atoms with Gasteiger partial charge in [-0.1, -0.05) is 13.0 Å². The maximum Gasteiger partial charge on any atom is 0.224 e. The first-order chi connectivity index (χ1) is 9.72. The van der Waals surface area contributed by atoms with Crippen LogP contribution in [0.15, 0.2) is 17.5 Å². The largest absolute Gasteiger partial charge is 0.354 e. The Hall–Kier alpha value is -0.330. The number of rotatable bonds is 7. The van der Waals surface area contributed by atoms with Crippen molar-refractivity contribution in [3.05, 3.63) is 22.4 Å². The highest BCUT2D eigenvalue weighted by atomic mass is 35.5. The van der Waals surface area contributed by atoms with Crippen LogP contribution in [0.1, 0.15) is 30.7 Å². The van der Waals surface area contributed by atoms with Crippen LogP contribution in [0.25, 0.3) is 0 Å². The maximum absolute atomic E-state index is 12.1. The third kappa shape index (κ3) is 6.05. The molecule has 1 fully saturated rings. The molecule has 0 aliphatic carbocycles. The maximum atomic E-state index is 12.1. The molecule has 1 aromatic rings. The summed E-state index contributed by atoms with van der Waals surface area (Å²) in [5, 5.41) is 8.28. The number of nitrogens with zero attached hydrogens (tertiary/aromatic N) is 1. The lowest BCUT2D eigenvalue weighted by molar-refractivity contribution is -0.124. The van der Waals surface area contributed by atoms with Crippen LogP contribution in [0.3, 0.4) is 0 Å². The second-order valence-corrected chi connectivity index (χ2v) is 6.46. The molecule has 1 aliphatic rings. The van der Waals surface area contributed by atoms with Gasteiger partial charge in [-0.15, -0.1) is 36.2 Å². The van der Waals surface area contributed by atoms with E-state index in [1.807, 2.05) is 14.0 Å². The zero-order chi connectivity index (χ0) is 14.4. The van der Waals surface area contributed by atoms with Crippen LogP contribution in [0, 0.1) is 5.92 Å². The van der Waals surface area contributed by atoms with Gasteiger partial charge in [0, 0.05) is 23.9 Å². The summed E-state index contributed by atoms with van der Waals surface area (Å²) in [6, 6.07) is 4.61. The fourth-order valence-electron chi connectivity index (χ4n) is 2.71. The summed E-state index contributed by atoms with van der Waals surface area (Å²) in [7, 11) is 1.88. The van der Waals surface area contributed by atoms with Crippen LogP contribution in [0.4, 0.5) is 0 Å². The molecule has 1 amide bonds. The lowest BCUT2D eigenvalue weighted by Crippen LogP contribution is -2.40. The molecule has 0 bridgehead atoms. The summed E-state index contributed by atoms with van der Waals surface area (Å²) in [4.78, 5) is 15.9. The molecular weight excluding hydrogens is 341 g/mol. The Labute approximate surface area is 149 Å².